The van der Waals surface area contributed by atoms with E-state index in [1.807, 2.05) is 0 Å². The van der Waals surface area contributed by atoms with Crippen molar-refractivity contribution in [1.82, 2.24) is 15.4 Å². The van der Waals surface area contributed by atoms with Gasteiger partial charge in [-0.3, -0.25) is 9.78 Å². The van der Waals surface area contributed by atoms with E-state index in [0.29, 0.717) is 5.01 Å². The van der Waals surface area contributed by atoms with E-state index in [1.165, 1.54) is 24.5 Å². The second-order valence-corrected chi connectivity index (χ2v) is 3.42. The molecule has 2 heterocycles. The van der Waals surface area contributed by atoms with Crippen LogP contribution in [0.15, 0.2) is 36.8 Å². The highest BCUT2D eigenvalue weighted by Crippen LogP contribution is 2.26. The van der Waals surface area contributed by atoms with E-state index in [0.717, 1.165) is 12.3 Å². The Morgan fingerprint density at radius 3 is 2.71 bits per heavy atom. The van der Waals surface area contributed by atoms with Gasteiger partial charge in [0.2, 0.25) is 5.72 Å². The molecule has 0 radical (unpaired) electrons. The number of halogens is 2. The molecule has 1 aromatic rings. The predicted molar refractivity (Wildman–Crippen MR) is 53.6 cm³/mol. The van der Waals surface area contributed by atoms with E-state index in [4.69, 9.17) is 0 Å². The first kappa shape index (κ1) is 11.5. The topological polar surface area (TPSA) is 65.5 Å². The van der Waals surface area contributed by atoms with Crippen LogP contribution in [-0.4, -0.2) is 33.2 Å². The van der Waals surface area contributed by atoms with Crippen molar-refractivity contribution >= 4 is 5.91 Å². The Kier molecular flexibility index (Phi) is 2.76. The van der Waals surface area contributed by atoms with Crippen molar-refractivity contribution < 1.29 is 18.7 Å². The molecule has 0 saturated carbocycles. The molecule has 1 aliphatic heterocycles. The van der Waals surface area contributed by atoms with Crippen LogP contribution in [0, 0.1) is 0 Å². The van der Waals surface area contributed by atoms with Crippen molar-refractivity contribution in [1.29, 1.82) is 0 Å². The molecule has 17 heavy (non-hydrogen) atoms. The summed E-state index contributed by atoms with van der Waals surface area (Å²) in [6.45, 7) is 0. The normalized spacial score (nSPS) is 22.9. The molecule has 0 aliphatic carbocycles. The number of carbonyl (C=O) groups excluding carboxylic acids is 1. The smallest absolute Gasteiger partial charge is 0.291 e. The number of nitrogens with one attached hydrogen (secondary N) is 1. The van der Waals surface area contributed by atoms with Crippen LogP contribution in [0.2, 0.25) is 0 Å². The van der Waals surface area contributed by atoms with Gasteiger partial charge in [-0.1, -0.05) is 0 Å². The van der Waals surface area contributed by atoms with E-state index in [9.17, 15) is 18.7 Å². The molecular formula is C10H9F2N3O2. The quantitative estimate of drug-likeness (QED) is 0.791. The third kappa shape index (κ3) is 1.84. The molecule has 0 spiro atoms. The lowest BCUT2D eigenvalue weighted by Crippen LogP contribution is -2.56. The van der Waals surface area contributed by atoms with Crippen LogP contribution in [0.3, 0.4) is 0 Å². The Morgan fingerprint density at radius 2 is 2.12 bits per heavy atom. The van der Waals surface area contributed by atoms with Crippen molar-refractivity contribution in [2.45, 2.75) is 12.2 Å². The van der Waals surface area contributed by atoms with E-state index < -0.39 is 18.1 Å². The lowest BCUT2D eigenvalue weighted by Gasteiger charge is -2.31. The number of hydrazine groups is 1. The molecule has 0 unspecified atom stereocenters. The van der Waals surface area contributed by atoms with Gasteiger partial charge in [-0.25, -0.2) is 13.8 Å². The number of amides is 1. The fourth-order valence-electron chi connectivity index (χ4n) is 1.43. The van der Waals surface area contributed by atoms with Crippen LogP contribution in [0.5, 0.6) is 0 Å². The monoisotopic (exact) mass is 241 g/mol. The summed E-state index contributed by atoms with van der Waals surface area (Å²) < 4.78 is 25.4. The first-order valence-corrected chi connectivity index (χ1v) is 4.74. The summed E-state index contributed by atoms with van der Waals surface area (Å²) in [5.74, 6) is -0.764. The maximum absolute atomic E-state index is 12.7. The third-order valence-electron chi connectivity index (χ3n) is 2.34. The standard InChI is InChI=1S/C10H9F2N3O2/c11-9(12)10(17)3-6-14-15(10)8(16)7-1-4-13-5-2-7/h1-6,9,14,17H/t10-/m1/s1. The van der Waals surface area contributed by atoms with Gasteiger partial charge in [0.25, 0.3) is 12.3 Å². The highest BCUT2D eigenvalue weighted by molar-refractivity contribution is 5.94. The molecule has 0 bridgehead atoms. The van der Waals surface area contributed by atoms with Gasteiger partial charge in [0.1, 0.15) is 0 Å². The van der Waals surface area contributed by atoms with Crippen LogP contribution < -0.4 is 5.43 Å². The summed E-state index contributed by atoms with van der Waals surface area (Å²) in [5.41, 5.74) is -0.197. The molecule has 1 atom stereocenters. The Balaban J connectivity index is 2.27. The molecule has 2 N–H and O–H groups in total. The number of hydrogen-bond donors (Lipinski definition) is 2. The number of aliphatic hydroxyl groups is 1. The molecule has 1 amide bonds. The fourth-order valence-corrected chi connectivity index (χ4v) is 1.43. The van der Waals surface area contributed by atoms with E-state index in [1.54, 1.807) is 0 Å². The number of carbonyl (C=O) groups is 1. The van der Waals surface area contributed by atoms with Crippen molar-refractivity contribution in [3.05, 3.63) is 42.4 Å². The zero-order valence-electron chi connectivity index (χ0n) is 8.55. The van der Waals surface area contributed by atoms with Gasteiger partial charge in [-0.05, 0) is 18.2 Å². The number of aromatic nitrogens is 1. The summed E-state index contributed by atoms with van der Waals surface area (Å²) in [7, 11) is 0. The van der Waals surface area contributed by atoms with Gasteiger partial charge in [0.15, 0.2) is 0 Å². The van der Waals surface area contributed by atoms with Crippen LogP contribution in [0.25, 0.3) is 0 Å². The SMILES string of the molecule is O=C(c1ccncc1)N1NC=C[C@@]1(O)C(F)F. The maximum atomic E-state index is 12.7. The van der Waals surface area contributed by atoms with Gasteiger partial charge < -0.3 is 10.5 Å². The second-order valence-electron chi connectivity index (χ2n) is 3.42. The number of alkyl halides is 2. The van der Waals surface area contributed by atoms with Crippen molar-refractivity contribution in [2.75, 3.05) is 0 Å². The summed E-state index contributed by atoms with van der Waals surface area (Å²) in [5, 5.41) is 10.1. The minimum Gasteiger partial charge on any atom is -0.361 e. The molecule has 5 nitrogen and oxygen atoms in total. The predicted octanol–water partition coefficient (Wildman–Crippen LogP) is 0.509. The minimum atomic E-state index is -3.11. The van der Waals surface area contributed by atoms with Crippen LogP contribution in [0.1, 0.15) is 10.4 Å². The van der Waals surface area contributed by atoms with Crippen molar-refractivity contribution in [3.8, 4) is 0 Å². The van der Waals surface area contributed by atoms with Crippen molar-refractivity contribution in [2.24, 2.45) is 0 Å². The van der Waals surface area contributed by atoms with Gasteiger partial charge >= 0.3 is 0 Å². The van der Waals surface area contributed by atoms with E-state index >= 15 is 0 Å². The van der Waals surface area contributed by atoms with E-state index in [-0.39, 0.29) is 5.56 Å². The zero-order valence-corrected chi connectivity index (χ0v) is 8.55. The van der Waals surface area contributed by atoms with Gasteiger partial charge in [-0.2, -0.15) is 0 Å². The molecule has 90 valence electrons. The minimum absolute atomic E-state index is 0.148. The molecule has 0 saturated heterocycles. The second kappa shape index (κ2) is 4.10. The van der Waals surface area contributed by atoms with Gasteiger partial charge in [0, 0.05) is 24.2 Å². The lowest BCUT2D eigenvalue weighted by atomic mass is 10.2. The Morgan fingerprint density at radius 1 is 1.47 bits per heavy atom. The lowest BCUT2D eigenvalue weighted by molar-refractivity contribution is -0.146. The molecule has 2 rings (SSSR count). The maximum Gasteiger partial charge on any atom is 0.291 e. The molecule has 0 aromatic carbocycles. The first-order valence-electron chi connectivity index (χ1n) is 4.74. The summed E-state index contributed by atoms with van der Waals surface area (Å²) in [6.07, 6.45) is 1.53. The summed E-state index contributed by atoms with van der Waals surface area (Å²) in [6, 6.07) is 2.74. The van der Waals surface area contributed by atoms with Crippen LogP contribution in [0.4, 0.5) is 8.78 Å². The number of hydrogen-bond acceptors (Lipinski definition) is 4. The Hall–Kier alpha value is -2.02. The molecule has 0 fully saturated rings. The summed E-state index contributed by atoms with van der Waals surface area (Å²) >= 11 is 0. The first-order chi connectivity index (χ1) is 8.05. The number of rotatable bonds is 2. The number of pyridine rings is 1. The highest BCUT2D eigenvalue weighted by atomic mass is 19.3. The van der Waals surface area contributed by atoms with Crippen LogP contribution in [-0.2, 0) is 0 Å². The third-order valence-corrected chi connectivity index (χ3v) is 2.34. The molecule has 1 aliphatic rings. The largest absolute Gasteiger partial charge is 0.361 e. The highest BCUT2D eigenvalue weighted by Gasteiger charge is 2.47. The van der Waals surface area contributed by atoms with Gasteiger partial charge in [0.05, 0.1) is 0 Å². The average molecular weight is 241 g/mol. The Labute approximate surface area is 95.3 Å². The zero-order chi connectivity index (χ0) is 12.5. The Bertz CT molecular complexity index is 452. The molecular weight excluding hydrogens is 232 g/mol. The molecule has 1 aromatic heterocycles. The number of nitrogens with zero attached hydrogens (tertiary/aromatic N) is 2. The molecule has 7 heteroatoms. The van der Waals surface area contributed by atoms with E-state index in [2.05, 4.69) is 10.4 Å². The average Bonchev–Trinajstić information content (AvgIpc) is 2.73. The van der Waals surface area contributed by atoms with Crippen LogP contribution >= 0.6 is 0 Å². The van der Waals surface area contributed by atoms with Crippen molar-refractivity contribution in [3.63, 3.8) is 0 Å². The summed E-state index contributed by atoms with van der Waals surface area (Å²) in [4.78, 5) is 15.6. The fraction of sp³-hybridized carbons (Fsp3) is 0.200. The van der Waals surface area contributed by atoms with Gasteiger partial charge in [-0.15, -0.1) is 0 Å².